The number of hydrogen-bond acceptors (Lipinski definition) is 4. The van der Waals surface area contributed by atoms with Gasteiger partial charge in [0.1, 0.15) is 5.60 Å². The van der Waals surface area contributed by atoms with Gasteiger partial charge in [0.15, 0.2) is 0 Å². The predicted molar refractivity (Wildman–Crippen MR) is 86.3 cm³/mol. The first-order chi connectivity index (χ1) is 10.8. The first kappa shape index (κ1) is 16.3. The van der Waals surface area contributed by atoms with Crippen molar-refractivity contribution in [3.8, 4) is 0 Å². The Kier molecular flexibility index (Phi) is 4.10. The molecule has 1 N–H and O–H groups in total. The van der Waals surface area contributed by atoms with Crippen LogP contribution in [0.25, 0.3) is 0 Å². The molecule has 2 atom stereocenters. The van der Waals surface area contributed by atoms with Crippen molar-refractivity contribution in [1.82, 2.24) is 0 Å². The number of halogens is 1. The highest BCUT2D eigenvalue weighted by atomic mass is 35.5. The van der Waals surface area contributed by atoms with Crippen molar-refractivity contribution in [2.45, 2.75) is 44.3 Å². The maximum Gasteiger partial charge on any atom is 0.307 e. The zero-order chi connectivity index (χ0) is 16.7. The van der Waals surface area contributed by atoms with Crippen LogP contribution in [0.2, 0.25) is 5.02 Å². The monoisotopic (exact) mass is 337 g/mol. The van der Waals surface area contributed by atoms with Crippen LogP contribution in [-0.4, -0.2) is 29.7 Å². The number of para-hydroxylation sites is 1. The standard InChI is InChI=1S/C17H20ClNO4/c1-16(2)10-17(7-8-22-16)11(9-14(20)23-17)15(21)19-13-6-4-3-5-12(13)18/h3-6,11H,7-10H2,1-2H3,(H,19,21)/t11-,17+/m1/s1. The third-order valence-corrected chi connectivity index (χ3v) is 4.84. The molecule has 1 aromatic carbocycles. The van der Waals surface area contributed by atoms with Gasteiger partial charge in [-0.3, -0.25) is 9.59 Å². The minimum Gasteiger partial charge on any atom is -0.458 e. The molecule has 0 radical (unpaired) electrons. The Bertz CT molecular complexity index is 645. The second-order valence-electron chi connectivity index (χ2n) is 6.80. The highest BCUT2D eigenvalue weighted by Gasteiger charge is 2.56. The number of hydrogen-bond donors (Lipinski definition) is 1. The molecule has 1 amide bonds. The average molecular weight is 338 g/mol. The van der Waals surface area contributed by atoms with Crippen molar-refractivity contribution in [3.63, 3.8) is 0 Å². The van der Waals surface area contributed by atoms with Crippen molar-refractivity contribution in [2.24, 2.45) is 5.92 Å². The highest BCUT2D eigenvalue weighted by molar-refractivity contribution is 6.33. The van der Waals surface area contributed by atoms with Crippen LogP contribution in [0.5, 0.6) is 0 Å². The number of anilines is 1. The summed E-state index contributed by atoms with van der Waals surface area (Å²) in [4.78, 5) is 24.6. The maximum atomic E-state index is 12.8. The molecule has 124 valence electrons. The number of carbonyl (C=O) groups is 2. The minimum absolute atomic E-state index is 0.0896. The Morgan fingerprint density at radius 3 is 2.78 bits per heavy atom. The topological polar surface area (TPSA) is 64.6 Å². The van der Waals surface area contributed by atoms with Gasteiger partial charge in [-0.1, -0.05) is 23.7 Å². The number of amides is 1. The van der Waals surface area contributed by atoms with E-state index in [9.17, 15) is 9.59 Å². The van der Waals surface area contributed by atoms with Gasteiger partial charge < -0.3 is 14.8 Å². The predicted octanol–water partition coefficient (Wildman–Crippen LogP) is 3.17. The Balaban J connectivity index is 1.83. The van der Waals surface area contributed by atoms with E-state index in [1.807, 2.05) is 13.8 Å². The van der Waals surface area contributed by atoms with Crippen LogP contribution in [-0.2, 0) is 19.1 Å². The summed E-state index contributed by atoms with van der Waals surface area (Å²) in [7, 11) is 0. The highest BCUT2D eigenvalue weighted by Crippen LogP contribution is 2.46. The van der Waals surface area contributed by atoms with Crippen LogP contribution in [0.3, 0.4) is 0 Å². The first-order valence-electron chi connectivity index (χ1n) is 7.73. The lowest BCUT2D eigenvalue weighted by molar-refractivity contribution is -0.178. The summed E-state index contributed by atoms with van der Waals surface area (Å²) < 4.78 is 11.3. The van der Waals surface area contributed by atoms with Crippen LogP contribution in [0, 0.1) is 5.92 Å². The van der Waals surface area contributed by atoms with Crippen molar-refractivity contribution in [1.29, 1.82) is 0 Å². The number of carbonyl (C=O) groups excluding carboxylic acids is 2. The summed E-state index contributed by atoms with van der Waals surface area (Å²) >= 11 is 6.09. The molecule has 3 rings (SSSR count). The number of benzene rings is 1. The van der Waals surface area contributed by atoms with Gasteiger partial charge >= 0.3 is 5.97 Å². The SMILES string of the molecule is CC1(C)C[C@]2(CCO1)OC(=O)C[C@@H]2C(=O)Nc1ccccc1Cl. The zero-order valence-electron chi connectivity index (χ0n) is 13.2. The Hall–Kier alpha value is -1.59. The third-order valence-electron chi connectivity index (χ3n) is 4.51. The van der Waals surface area contributed by atoms with Gasteiger partial charge in [-0.25, -0.2) is 0 Å². The van der Waals surface area contributed by atoms with Gasteiger partial charge in [-0.05, 0) is 26.0 Å². The van der Waals surface area contributed by atoms with E-state index >= 15 is 0 Å². The number of rotatable bonds is 2. The van der Waals surface area contributed by atoms with Crippen LogP contribution < -0.4 is 5.32 Å². The molecule has 5 nitrogen and oxygen atoms in total. The number of esters is 1. The quantitative estimate of drug-likeness (QED) is 0.842. The van der Waals surface area contributed by atoms with E-state index in [0.717, 1.165) is 0 Å². The van der Waals surface area contributed by atoms with E-state index in [1.165, 1.54) is 0 Å². The average Bonchev–Trinajstić information content (AvgIpc) is 2.76. The molecular weight excluding hydrogens is 318 g/mol. The summed E-state index contributed by atoms with van der Waals surface area (Å²) in [6, 6.07) is 7.03. The van der Waals surface area contributed by atoms with E-state index in [0.29, 0.717) is 30.2 Å². The fourth-order valence-electron chi connectivity index (χ4n) is 3.55. The molecule has 1 aromatic rings. The molecule has 0 aromatic heterocycles. The summed E-state index contributed by atoms with van der Waals surface area (Å²) in [6.07, 6.45) is 1.13. The number of nitrogens with one attached hydrogen (secondary N) is 1. The molecule has 1 spiro atoms. The van der Waals surface area contributed by atoms with E-state index in [4.69, 9.17) is 21.1 Å². The summed E-state index contributed by atoms with van der Waals surface area (Å²) in [5, 5.41) is 3.29. The van der Waals surface area contributed by atoms with E-state index in [1.54, 1.807) is 24.3 Å². The molecule has 2 aliphatic heterocycles. The molecule has 0 unspecified atom stereocenters. The fourth-order valence-corrected chi connectivity index (χ4v) is 3.73. The molecule has 6 heteroatoms. The first-order valence-corrected chi connectivity index (χ1v) is 8.10. The molecule has 0 aliphatic carbocycles. The van der Waals surface area contributed by atoms with Crippen molar-refractivity contribution in [3.05, 3.63) is 29.3 Å². The molecule has 0 bridgehead atoms. The lowest BCUT2D eigenvalue weighted by Crippen LogP contribution is -2.52. The van der Waals surface area contributed by atoms with Gasteiger partial charge in [0.25, 0.3) is 0 Å². The fraction of sp³-hybridized carbons (Fsp3) is 0.529. The van der Waals surface area contributed by atoms with Gasteiger partial charge in [0.2, 0.25) is 5.91 Å². The second kappa shape index (κ2) is 5.80. The van der Waals surface area contributed by atoms with Gasteiger partial charge in [-0.2, -0.15) is 0 Å². The van der Waals surface area contributed by atoms with Crippen LogP contribution in [0.4, 0.5) is 5.69 Å². The lowest BCUT2D eigenvalue weighted by atomic mass is 9.75. The van der Waals surface area contributed by atoms with Crippen molar-refractivity contribution >= 4 is 29.2 Å². The smallest absolute Gasteiger partial charge is 0.307 e. The van der Waals surface area contributed by atoms with Gasteiger partial charge in [0, 0.05) is 12.8 Å². The summed E-state index contributed by atoms with van der Waals surface area (Å²) in [5.74, 6) is -1.10. The van der Waals surface area contributed by atoms with E-state index < -0.39 is 17.1 Å². The van der Waals surface area contributed by atoms with Crippen LogP contribution >= 0.6 is 11.6 Å². The molecule has 2 saturated heterocycles. The molecule has 23 heavy (non-hydrogen) atoms. The third kappa shape index (κ3) is 3.21. The summed E-state index contributed by atoms with van der Waals surface area (Å²) in [5.41, 5.74) is -0.671. The minimum atomic E-state index is -0.788. The maximum absolute atomic E-state index is 12.8. The summed E-state index contributed by atoms with van der Waals surface area (Å²) in [6.45, 7) is 4.36. The molecular formula is C17H20ClNO4. The Morgan fingerprint density at radius 1 is 1.35 bits per heavy atom. The van der Waals surface area contributed by atoms with Gasteiger partial charge in [-0.15, -0.1) is 0 Å². The molecule has 2 aliphatic rings. The van der Waals surface area contributed by atoms with Crippen molar-refractivity contribution < 1.29 is 19.1 Å². The van der Waals surface area contributed by atoms with E-state index in [-0.39, 0.29) is 18.3 Å². The molecule has 2 heterocycles. The molecule has 2 fully saturated rings. The normalized spacial score (nSPS) is 29.3. The second-order valence-corrected chi connectivity index (χ2v) is 7.21. The van der Waals surface area contributed by atoms with Gasteiger partial charge in [0.05, 0.1) is 35.3 Å². The van der Waals surface area contributed by atoms with E-state index in [2.05, 4.69) is 5.32 Å². The lowest BCUT2D eigenvalue weighted by Gasteiger charge is -2.43. The zero-order valence-corrected chi connectivity index (χ0v) is 14.0. The number of ether oxygens (including phenoxy) is 2. The Morgan fingerprint density at radius 2 is 2.09 bits per heavy atom. The largest absolute Gasteiger partial charge is 0.458 e. The van der Waals surface area contributed by atoms with Crippen LogP contribution in [0.1, 0.15) is 33.1 Å². The van der Waals surface area contributed by atoms with Crippen molar-refractivity contribution in [2.75, 3.05) is 11.9 Å². The molecule has 0 saturated carbocycles. The Labute approximate surface area is 140 Å². The van der Waals surface area contributed by atoms with Crippen LogP contribution in [0.15, 0.2) is 24.3 Å².